The Morgan fingerprint density at radius 1 is 1.19 bits per heavy atom. The minimum atomic E-state index is -3.77. The minimum Gasteiger partial charge on any atom is -0.388 e. The molecule has 3 aromatic rings. The zero-order chi connectivity index (χ0) is 21.8. The molecular formula is C21H19ClN4O4S. The first-order valence-electron chi connectivity index (χ1n) is 9.52. The first kappa shape index (κ1) is 21.2. The Kier molecular flexibility index (Phi) is 6.17. The molecule has 2 heterocycles. The van der Waals surface area contributed by atoms with E-state index in [9.17, 15) is 13.2 Å². The van der Waals surface area contributed by atoms with Crippen LogP contribution in [0.4, 0.5) is 0 Å². The normalized spacial score (nSPS) is 16.5. The molecule has 0 saturated carbocycles. The molecule has 0 radical (unpaired) electrons. The molecule has 160 valence electrons. The summed E-state index contributed by atoms with van der Waals surface area (Å²) in [4.78, 5) is 15.6. The molecule has 2 aromatic heterocycles. The Balaban J connectivity index is 1.56. The molecular weight excluding hydrogens is 440 g/mol. The van der Waals surface area contributed by atoms with Gasteiger partial charge in [0.2, 0.25) is 15.9 Å². The van der Waals surface area contributed by atoms with E-state index in [0.717, 1.165) is 0 Å². The van der Waals surface area contributed by atoms with Gasteiger partial charge in [0.05, 0.1) is 17.1 Å². The molecule has 0 aliphatic heterocycles. The van der Waals surface area contributed by atoms with Crippen molar-refractivity contribution in [3.05, 3.63) is 94.0 Å². The zero-order valence-electron chi connectivity index (χ0n) is 16.3. The van der Waals surface area contributed by atoms with Crippen LogP contribution in [-0.4, -0.2) is 34.4 Å². The number of pyridine rings is 1. The van der Waals surface area contributed by atoms with Crippen molar-refractivity contribution in [2.75, 3.05) is 6.54 Å². The average Bonchev–Trinajstić information content (AvgIpc) is 3.21. The maximum absolute atomic E-state index is 13.4. The van der Waals surface area contributed by atoms with Gasteiger partial charge in [0.1, 0.15) is 0 Å². The first-order valence-corrected chi connectivity index (χ1v) is 11.3. The summed E-state index contributed by atoms with van der Waals surface area (Å²) in [6.45, 7) is 0.396. The Morgan fingerprint density at radius 2 is 2.00 bits per heavy atom. The monoisotopic (exact) mass is 458 g/mol. The van der Waals surface area contributed by atoms with Crippen LogP contribution in [0.15, 0.2) is 81.0 Å². The van der Waals surface area contributed by atoms with E-state index in [2.05, 4.69) is 15.2 Å². The van der Waals surface area contributed by atoms with E-state index in [0.29, 0.717) is 22.7 Å². The number of hydrogen-bond donors (Lipinski definition) is 1. The lowest BCUT2D eigenvalue weighted by Crippen LogP contribution is -2.35. The lowest BCUT2D eigenvalue weighted by Gasteiger charge is -2.26. The third-order valence-corrected chi connectivity index (χ3v) is 6.91. The fourth-order valence-corrected chi connectivity index (χ4v) is 4.84. The van der Waals surface area contributed by atoms with Crippen LogP contribution in [0.5, 0.6) is 0 Å². The molecule has 1 N–H and O–H groups in total. The van der Waals surface area contributed by atoms with E-state index in [1.54, 1.807) is 36.5 Å². The zero-order valence-corrected chi connectivity index (χ0v) is 17.9. The summed E-state index contributed by atoms with van der Waals surface area (Å²) in [5, 5.41) is 6.51. The maximum atomic E-state index is 13.4. The molecule has 1 aromatic carbocycles. The smallest absolute Gasteiger partial charge is 0.388 e. The first-order chi connectivity index (χ1) is 14.9. The van der Waals surface area contributed by atoms with E-state index in [1.165, 1.54) is 16.4 Å². The Labute approximate surface area is 183 Å². The van der Waals surface area contributed by atoms with Crippen molar-refractivity contribution in [1.29, 1.82) is 0 Å². The summed E-state index contributed by atoms with van der Waals surface area (Å²) in [6, 6.07) is 11.5. The van der Waals surface area contributed by atoms with E-state index in [1.807, 2.05) is 18.2 Å². The van der Waals surface area contributed by atoms with Gasteiger partial charge in [0.15, 0.2) is 0 Å². The van der Waals surface area contributed by atoms with Gasteiger partial charge in [-0.25, -0.2) is 18.3 Å². The van der Waals surface area contributed by atoms with Crippen LogP contribution in [0.1, 0.15) is 18.0 Å². The second-order valence-electron chi connectivity index (χ2n) is 7.01. The van der Waals surface area contributed by atoms with Crippen LogP contribution in [0, 0.1) is 5.92 Å². The standard InChI is InChI=1S/C21H19ClN4O4S/c22-17-8-10-19(11-9-17)31(28,29)26(14-18-3-1-2-12-23-18)13-15-4-6-16(7-5-15)20-24-25-21(27)30-20/h1-4,6-12,15H,5,13-14H2,(H,25,27). The second kappa shape index (κ2) is 9.01. The molecule has 1 unspecified atom stereocenters. The molecule has 4 rings (SSSR count). The highest BCUT2D eigenvalue weighted by atomic mass is 35.5. The maximum Gasteiger partial charge on any atom is 0.434 e. The van der Waals surface area contributed by atoms with Crippen LogP contribution in [0.3, 0.4) is 0 Å². The molecule has 0 saturated heterocycles. The highest BCUT2D eigenvalue weighted by Gasteiger charge is 2.28. The van der Waals surface area contributed by atoms with Gasteiger partial charge < -0.3 is 4.42 Å². The SMILES string of the molecule is O=c1[nH]nc(C2=CCC(CN(Cc3ccccn3)S(=O)(=O)c3ccc(Cl)cc3)C=C2)o1. The summed E-state index contributed by atoms with van der Waals surface area (Å²) in [7, 11) is -3.77. The number of benzene rings is 1. The predicted molar refractivity (Wildman–Crippen MR) is 116 cm³/mol. The predicted octanol–water partition coefficient (Wildman–Crippen LogP) is 3.26. The summed E-state index contributed by atoms with van der Waals surface area (Å²) >= 11 is 5.92. The van der Waals surface area contributed by atoms with E-state index < -0.39 is 15.8 Å². The molecule has 0 fully saturated rings. The average molecular weight is 459 g/mol. The number of nitrogens with zero attached hydrogens (tertiary/aromatic N) is 3. The summed E-state index contributed by atoms with van der Waals surface area (Å²) < 4.78 is 33.1. The van der Waals surface area contributed by atoms with Crippen molar-refractivity contribution in [2.24, 2.45) is 5.92 Å². The number of aromatic amines is 1. The third-order valence-electron chi connectivity index (χ3n) is 4.83. The van der Waals surface area contributed by atoms with Crippen molar-refractivity contribution in [3.63, 3.8) is 0 Å². The Hall–Kier alpha value is -3.01. The van der Waals surface area contributed by atoms with Crippen molar-refractivity contribution in [1.82, 2.24) is 19.5 Å². The lowest BCUT2D eigenvalue weighted by molar-refractivity contribution is 0.363. The van der Waals surface area contributed by atoms with Crippen molar-refractivity contribution in [3.8, 4) is 0 Å². The van der Waals surface area contributed by atoms with Gasteiger partial charge in [0, 0.05) is 23.3 Å². The number of hydrogen-bond acceptors (Lipinski definition) is 6. The minimum absolute atomic E-state index is 0.0693. The van der Waals surface area contributed by atoms with Gasteiger partial charge in [-0.05, 0) is 48.7 Å². The second-order valence-corrected chi connectivity index (χ2v) is 9.38. The van der Waals surface area contributed by atoms with Crippen molar-refractivity contribution < 1.29 is 12.8 Å². The largest absolute Gasteiger partial charge is 0.434 e. The summed E-state index contributed by atoms with van der Waals surface area (Å²) in [5.74, 6) is -0.485. The van der Waals surface area contributed by atoms with Gasteiger partial charge >= 0.3 is 5.76 Å². The number of H-pyrrole nitrogens is 1. The van der Waals surface area contributed by atoms with Crippen LogP contribution in [0.25, 0.3) is 5.57 Å². The molecule has 0 bridgehead atoms. The number of aromatic nitrogens is 3. The van der Waals surface area contributed by atoms with Gasteiger partial charge in [-0.1, -0.05) is 35.9 Å². The van der Waals surface area contributed by atoms with E-state index in [4.69, 9.17) is 16.0 Å². The van der Waals surface area contributed by atoms with E-state index in [-0.39, 0.29) is 29.8 Å². The summed E-state index contributed by atoms with van der Waals surface area (Å²) in [5.41, 5.74) is 1.32. The van der Waals surface area contributed by atoms with Crippen LogP contribution in [0.2, 0.25) is 5.02 Å². The molecule has 1 aliphatic rings. The van der Waals surface area contributed by atoms with Gasteiger partial charge in [0.25, 0.3) is 0 Å². The van der Waals surface area contributed by atoms with Crippen molar-refractivity contribution >= 4 is 27.2 Å². The number of allylic oxidation sites excluding steroid dienone is 3. The fourth-order valence-electron chi connectivity index (χ4n) is 3.25. The molecule has 10 heteroatoms. The van der Waals surface area contributed by atoms with Gasteiger partial charge in [-0.15, -0.1) is 5.10 Å². The Bertz CT molecular complexity index is 1260. The molecule has 1 atom stereocenters. The number of halogens is 1. The third kappa shape index (κ3) is 5.01. The topological polar surface area (TPSA) is 109 Å². The van der Waals surface area contributed by atoms with Gasteiger partial charge in [-0.3, -0.25) is 4.98 Å². The van der Waals surface area contributed by atoms with Crippen LogP contribution >= 0.6 is 11.6 Å². The number of sulfonamides is 1. The molecule has 1 aliphatic carbocycles. The highest BCUT2D eigenvalue weighted by molar-refractivity contribution is 7.89. The van der Waals surface area contributed by atoms with Crippen LogP contribution < -0.4 is 5.76 Å². The number of nitrogens with one attached hydrogen (secondary N) is 1. The molecule has 0 spiro atoms. The summed E-state index contributed by atoms with van der Waals surface area (Å²) in [6.07, 6.45) is 7.75. The highest BCUT2D eigenvalue weighted by Crippen LogP contribution is 2.26. The number of rotatable bonds is 7. The van der Waals surface area contributed by atoms with E-state index >= 15 is 0 Å². The fraction of sp³-hybridized carbons (Fsp3) is 0.190. The Morgan fingerprint density at radius 3 is 2.61 bits per heavy atom. The van der Waals surface area contributed by atoms with Crippen molar-refractivity contribution in [2.45, 2.75) is 17.9 Å². The van der Waals surface area contributed by atoms with Gasteiger partial charge in [-0.2, -0.15) is 4.31 Å². The lowest BCUT2D eigenvalue weighted by atomic mass is 9.96. The molecule has 0 amide bonds. The molecule has 31 heavy (non-hydrogen) atoms. The van der Waals surface area contributed by atoms with Crippen LogP contribution in [-0.2, 0) is 16.6 Å². The molecule has 8 nitrogen and oxygen atoms in total. The quantitative estimate of drug-likeness (QED) is 0.582.